The van der Waals surface area contributed by atoms with E-state index in [1.165, 1.54) is 12.1 Å². The average molecular weight is 231 g/mol. The van der Waals surface area contributed by atoms with Gasteiger partial charge in [-0.1, -0.05) is 19.1 Å². The Morgan fingerprint density at radius 1 is 1.58 bits per heavy atom. The fraction of sp³-hybridized carbons (Fsp3) is 0.222. The number of ketones is 1. The maximum absolute atomic E-state index is 12.9. The highest BCUT2D eigenvalue weighted by Crippen LogP contribution is 2.21. The number of hydrogen-bond acceptors (Lipinski definition) is 1. The van der Waals surface area contributed by atoms with E-state index < -0.39 is 5.82 Å². The van der Waals surface area contributed by atoms with Gasteiger partial charge in [0.1, 0.15) is 5.82 Å². The Balaban J connectivity index is 3.16. The van der Waals surface area contributed by atoms with Crippen molar-refractivity contribution in [2.75, 3.05) is 0 Å². The van der Waals surface area contributed by atoms with Gasteiger partial charge in [0.2, 0.25) is 0 Å². The number of halogens is 2. The first-order valence-corrected chi connectivity index (χ1v) is 4.43. The van der Waals surface area contributed by atoms with Gasteiger partial charge in [-0.05, 0) is 22.0 Å². The second kappa shape index (κ2) is 3.81. The smallest absolute Gasteiger partial charge is 0.163 e. The quantitative estimate of drug-likeness (QED) is 0.714. The van der Waals surface area contributed by atoms with Gasteiger partial charge >= 0.3 is 0 Å². The molecule has 0 amide bonds. The maximum atomic E-state index is 12.9. The van der Waals surface area contributed by atoms with Crippen LogP contribution in [0.5, 0.6) is 0 Å². The number of rotatable bonds is 2. The summed E-state index contributed by atoms with van der Waals surface area (Å²) in [6.07, 6.45) is 0.391. The van der Waals surface area contributed by atoms with Crippen LogP contribution in [0.4, 0.5) is 4.39 Å². The molecule has 1 rings (SSSR count). The lowest BCUT2D eigenvalue weighted by Gasteiger charge is -2.01. The summed E-state index contributed by atoms with van der Waals surface area (Å²) in [6.45, 7) is 1.75. The third kappa shape index (κ3) is 1.72. The Hall–Kier alpha value is -0.700. The Labute approximate surface area is 78.7 Å². The molecule has 0 N–H and O–H groups in total. The van der Waals surface area contributed by atoms with Crippen molar-refractivity contribution in [3.05, 3.63) is 34.1 Å². The molecule has 0 radical (unpaired) electrons. The lowest BCUT2D eigenvalue weighted by molar-refractivity contribution is 0.0987. The molecule has 0 atom stereocenters. The molecule has 0 saturated heterocycles. The van der Waals surface area contributed by atoms with Crippen molar-refractivity contribution in [1.82, 2.24) is 0 Å². The molecule has 1 nitrogen and oxygen atoms in total. The van der Waals surface area contributed by atoms with Crippen molar-refractivity contribution in [3.63, 3.8) is 0 Å². The van der Waals surface area contributed by atoms with E-state index in [-0.39, 0.29) is 10.3 Å². The second-order valence-corrected chi connectivity index (χ2v) is 3.17. The molecule has 0 fully saturated rings. The standard InChI is InChI=1S/C9H8BrFO/c1-2-8(12)6-4-3-5-7(11)9(6)10/h3-5H,2H2,1H3. The van der Waals surface area contributed by atoms with Gasteiger partial charge in [0, 0.05) is 12.0 Å². The van der Waals surface area contributed by atoms with Gasteiger partial charge in [0.05, 0.1) is 4.47 Å². The first-order valence-electron chi connectivity index (χ1n) is 3.64. The van der Waals surface area contributed by atoms with Gasteiger partial charge in [-0.25, -0.2) is 4.39 Å². The molecule has 0 aromatic heterocycles. The summed E-state index contributed by atoms with van der Waals surface area (Å²) in [5, 5.41) is 0. The molecule has 0 heterocycles. The fourth-order valence-corrected chi connectivity index (χ4v) is 1.40. The Morgan fingerprint density at radius 3 is 2.83 bits per heavy atom. The zero-order valence-electron chi connectivity index (χ0n) is 6.60. The van der Waals surface area contributed by atoms with E-state index in [1.54, 1.807) is 13.0 Å². The zero-order chi connectivity index (χ0) is 9.14. The van der Waals surface area contributed by atoms with E-state index in [4.69, 9.17) is 0 Å². The molecule has 0 aliphatic rings. The van der Waals surface area contributed by atoms with Crippen LogP contribution in [0.25, 0.3) is 0 Å². The van der Waals surface area contributed by atoms with Crippen LogP contribution in [0.1, 0.15) is 23.7 Å². The van der Waals surface area contributed by atoms with Gasteiger partial charge in [-0.15, -0.1) is 0 Å². The predicted octanol–water partition coefficient (Wildman–Crippen LogP) is 3.18. The van der Waals surface area contributed by atoms with E-state index in [9.17, 15) is 9.18 Å². The van der Waals surface area contributed by atoms with Crippen molar-refractivity contribution in [2.24, 2.45) is 0 Å². The third-order valence-electron chi connectivity index (χ3n) is 1.57. The van der Waals surface area contributed by atoms with Gasteiger partial charge in [0.15, 0.2) is 5.78 Å². The first kappa shape index (κ1) is 9.39. The number of Topliss-reactive ketones (excluding diaryl/α,β-unsaturated/α-hetero) is 1. The largest absolute Gasteiger partial charge is 0.294 e. The van der Waals surface area contributed by atoms with Gasteiger partial charge in [0.25, 0.3) is 0 Å². The SMILES string of the molecule is CCC(=O)c1cccc(F)c1Br. The average Bonchev–Trinajstić information content (AvgIpc) is 2.08. The summed E-state index contributed by atoms with van der Waals surface area (Å²) in [4.78, 5) is 11.2. The summed E-state index contributed by atoms with van der Waals surface area (Å²) < 4.78 is 13.1. The highest BCUT2D eigenvalue weighted by Gasteiger charge is 2.10. The van der Waals surface area contributed by atoms with Crippen molar-refractivity contribution < 1.29 is 9.18 Å². The molecule has 0 spiro atoms. The molecule has 0 bridgehead atoms. The van der Waals surface area contributed by atoms with Crippen LogP contribution < -0.4 is 0 Å². The van der Waals surface area contributed by atoms with E-state index >= 15 is 0 Å². The van der Waals surface area contributed by atoms with E-state index in [1.807, 2.05) is 0 Å². The van der Waals surface area contributed by atoms with Gasteiger partial charge in [-0.2, -0.15) is 0 Å². The topological polar surface area (TPSA) is 17.1 Å². The van der Waals surface area contributed by atoms with Crippen LogP contribution >= 0.6 is 15.9 Å². The minimum Gasteiger partial charge on any atom is -0.294 e. The van der Waals surface area contributed by atoms with Crippen LogP contribution in [-0.2, 0) is 0 Å². The number of carbonyl (C=O) groups excluding carboxylic acids is 1. The highest BCUT2D eigenvalue weighted by molar-refractivity contribution is 9.10. The Morgan fingerprint density at radius 2 is 2.25 bits per heavy atom. The van der Waals surface area contributed by atoms with Crippen LogP contribution in [0, 0.1) is 5.82 Å². The molecule has 3 heteroatoms. The molecule has 64 valence electrons. The Kier molecular flexibility index (Phi) is 2.98. The minimum atomic E-state index is -0.394. The lowest BCUT2D eigenvalue weighted by Crippen LogP contribution is -1.98. The van der Waals surface area contributed by atoms with Crippen LogP contribution in [0.2, 0.25) is 0 Å². The lowest BCUT2D eigenvalue weighted by atomic mass is 10.1. The number of hydrogen-bond donors (Lipinski definition) is 0. The zero-order valence-corrected chi connectivity index (χ0v) is 8.19. The monoisotopic (exact) mass is 230 g/mol. The molecule has 0 saturated carbocycles. The first-order chi connectivity index (χ1) is 5.66. The van der Waals surface area contributed by atoms with Crippen LogP contribution in [0.3, 0.4) is 0 Å². The van der Waals surface area contributed by atoms with Crippen LogP contribution in [-0.4, -0.2) is 5.78 Å². The predicted molar refractivity (Wildman–Crippen MR) is 48.7 cm³/mol. The third-order valence-corrected chi connectivity index (χ3v) is 2.38. The molecule has 1 aromatic carbocycles. The normalized spacial score (nSPS) is 9.92. The minimum absolute atomic E-state index is 0.0543. The van der Waals surface area contributed by atoms with Crippen molar-refractivity contribution >= 4 is 21.7 Å². The second-order valence-electron chi connectivity index (χ2n) is 2.38. The number of benzene rings is 1. The molecule has 0 aliphatic heterocycles. The summed E-state index contributed by atoms with van der Waals surface area (Å²) in [5.41, 5.74) is 0.414. The summed E-state index contributed by atoms with van der Waals surface area (Å²) in [5.74, 6) is -0.448. The van der Waals surface area contributed by atoms with E-state index in [2.05, 4.69) is 15.9 Å². The molecular weight excluding hydrogens is 223 g/mol. The van der Waals surface area contributed by atoms with Gasteiger partial charge in [-0.3, -0.25) is 4.79 Å². The molecule has 1 aromatic rings. The molecule has 0 unspecified atom stereocenters. The van der Waals surface area contributed by atoms with E-state index in [0.29, 0.717) is 12.0 Å². The molecular formula is C9H8BrFO. The highest BCUT2D eigenvalue weighted by atomic mass is 79.9. The molecule has 12 heavy (non-hydrogen) atoms. The van der Waals surface area contributed by atoms with Crippen molar-refractivity contribution in [1.29, 1.82) is 0 Å². The summed E-state index contributed by atoms with van der Waals surface area (Å²) >= 11 is 3.03. The van der Waals surface area contributed by atoms with Crippen molar-refractivity contribution in [2.45, 2.75) is 13.3 Å². The number of carbonyl (C=O) groups is 1. The van der Waals surface area contributed by atoms with Crippen LogP contribution in [0.15, 0.2) is 22.7 Å². The Bertz CT molecular complexity index is 309. The van der Waals surface area contributed by atoms with Crippen molar-refractivity contribution in [3.8, 4) is 0 Å². The van der Waals surface area contributed by atoms with E-state index in [0.717, 1.165) is 0 Å². The maximum Gasteiger partial charge on any atom is 0.163 e. The summed E-state index contributed by atoms with van der Waals surface area (Å²) in [7, 11) is 0. The van der Waals surface area contributed by atoms with Gasteiger partial charge < -0.3 is 0 Å². The fourth-order valence-electron chi connectivity index (χ4n) is 0.910. The summed E-state index contributed by atoms with van der Waals surface area (Å²) in [6, 6.07) is 4.46. The molecule has 0 aliphatic carbocycles.